The molecule has 3 nitrogen and oxygen atoms in total. The number of hydrogen-bond acceptors (Lipinski definition) is 2. The molecule has 24 heavy (non-hydrogen) atoms. The van der Waals surface area contributed by atoms with Gasteiger partial charge in [0.25, 0.3) is 5.91 Å². The summed E-state index contributed by atoms with van der Waals surface area (Å²) >= 11 is 3.39. The molecule has 1 fully saturated rings. The van der Waals surface area contributed by atoms with Crippen LogP contribution in [0.3, 0.4) is 0 Å². The van der Waals surface area contributed by atoms with E-state index in [0.717, 1.165) is 22.6 Å². The van der Waals surface area contributed by atoms with Gasteiger partial charge in [-0.05, 0) is 67.3 Å². The summed E-state index contributed by atoms with van der Waals surface area (Å²) in [4.78, 5) is 14.8. The molecule has 0 bridgehead atoms. The van der Waals surface area contributed by atoms with Crippen molar-refractivity contribution in [2.45, 2.75) is 26.3 Å². The second-order valence-corrected chi connectivity index (χ2v) is 7.56. The van der Waals surface area contributed by atoms with Gasteiger partial charge in [0, 0.05) is 28.8 Å². The van der Waals surface area contributed by atoms with Gasteiger partial charge in [-0.2, -0.15) is 0 Å². The van der Waals surface area contributed by atoms with E-state index in [0.29, 0.717) is 5.56 Å². The number of benzene rings is 2. The molecule has 1 saturated heterocycles. The number of amides is 1. The fourth-order valence-corrected chi connectivity index (χ4v) is 3.45. The lowest BCUT2D eigenvalue weighted by Crippen LogP contribution is -2.33. The fraction of sp³-hybridized carbons (Fsp3) is 0.350. The first-order valence-corrected chi connectivity index (χ1v) is 9.27. The summed E-state index contributed by atoms with van der Waals surface area (Å²) < 4.78 is 0.997. The highest BCUT2D eigenvalue weighted by Gasteiger charge is 2.16. The number of nitrogens with zero attached hydrogens (tertiary/aromatic N) is 1. The first kappa shape index (κ1) is 17.2. The van der Waals surface area contributed by atoms with Gasteiger partial charge >= 0.3 is 0 Å². The summed E-state index contributed by atoms with van der Waals surface area (Å²) in [6.07, 6.45) is 2.63. The minimum Gasteiger partial charge on any atom is -0.322 e. The van der Waals surface area contributed by atoms with Crippen LogP contribution in [-0.2, 0) is 6.54 Å². The van der Waals surface area contributed by atoms with Gasteiger partial charge in [0.2, 0.25) is 0 Å². The summed E-state index contributed by atoms with van der Waals surface area (Å²) in [5.41, 5.74) is 2.76. The Kier molecular flexibility index (Phi) is 5.69. The molecule has 0 radical (unpaired) electrons. The molecule has 1 atom stereocenters. The lowest BCUT2D eigenvalue weighted by atomic mass is 9.99. The van der Waals surface area contributed by atoms with Crippen molar-refractivity contribution in [3.05, 3.63) is 64.1 Å². The van der Waals surface area contributed by atoms with Crippen molar-refractivity contribution in [1.82, 2.24) is 4.90 Å². The van der Waals surface area contributed by atoms with Crippen molar-refractivity contribution in [3.63, 3.8) is 0 Å². The Morgan fingerprint density at radius 3 is 2.54 bits per heavy atom. The number of nitrogens with one attached hydrogen (secondary N) is 1. The van der Waals surface area contributed by atoms with Crippen LogP contribution >= 0.6 is 15.9 Å². The van der Waals surface area contributed by atoms with Crippen LogP contribution in [0.25, 0.3) is 0 Å². The van der Waals surface area contributed by atoms with Crippen molar-refractivity contribution in [1.29, 1.82) is 0 Å². The van der Waals surface area contributed by atoms with Crippen molar-refractivity contribution in [3.8, 4) is 0 Å². The molecule has 1 unspecified atom stereocenters. The average Bonchev–Trinajstić information content (AvgIpc) is 2.57. The summed E-state index contributed by atoms with van der Waals surface area (Å²) in [5, 5.41) is 2.92. The largest absolute Gasteiger partial charge is 0.322 e. The third-order valence-corrected chi connectivity index (χ3v) is 4.99. The molecular weight excluding hydrogens is 364 g/mol. The molecule has 1 aliphatic rings. The quantitative estimate of drug-likeness (QED) is 0.807. The van der Waals surface area contributed by atoms with Gasteiger partial charge in [0.05, 0.1) is 0 Å². The van der Waals surface area contributed by atoms with Gasteiger partial charge in [-0.1, -0.05) is 35.0 Å². The van der Waals surface area contributed by atoms with E-state index < -0.39 is 0 Å². The summed E-state index contributed by atoms with van der Waals surface area (Å²) in [5.74, 6) is 0.713. The number of likely N-dealkylation sites (tertiary alicyclic amines) is 1. The SMILES string of the molecule is CC1CCCN(Cc2ccc(C(=O)Nc3ccc(Br)cc3)cc2)C1. The van der Waals surface area contributed by atoms with E-state index in [-0.39, 0.29) is 5.91 Å². The number of carbonyl (C=O) groups excluding carboxylic acids is 1. The Morgan fingerprint density at radius 2 is 1.88 bits per heavy atom. The Labute approximate surface area is 152 Å². The minimum atomic E-state index is -0.0736. The van der Waals surface area contributed by atoms with E-state index in [2.05, 4.69) is 45.2 Å². The van der Waals surface area contributed by atoms with E-state index in [1.54, 1.807) is 0 Å². The monoisotopic (exact) mass is 386 g/mol. The van der Waals surface area contributed by atoms with Crippen LogP contribution in [0.4, 0.5) is 5.69 Å². The Balaban J connectivity index is 1.59. The molecule has 2 aromatic carbocycles. The Morgan fingerprint density at radius 1 is 1.17 bits per heavy atom. The molecule has 3 rings (SSSR count). The third kappa shape index (κ3) is 4.68. The number of carbonyl (C=O) groups is 1. The van der Waals surface area contributed by atoms with Gasteiger partial charge in [-0.15, -0.1) is 0 Å². The van der Waals surface area contributed by atoms with Crippen molar-refractivity contribution < 1.29 is 4.79 Å². The van der Waals surface area contributed by atoms with Gasteiger partial charge in [-0.25, -0.2) is 0 Å². The highest BCUT2D eigenvalue weighted by Crippen LogP contribution is 2.19. The first-order chi connectivity index (χ1) is 11.6. The van der Waals surface area contributed by atoms with Crippen molar-refractivity contribution in [2.75, 3.05) is 18.4 Å². The minimum absolute atomic E-state index is 0.0736. The second-order valence-electron chi connectivity index (χ2n) is 6.64. The second kappa shape index (κ2) is 7.95. The topological polar surface area (TPSA) is 32.3 Å². The van der Waals surface area contributed by atoms with Gasteiger partial charge in [0.1, 0.15) is 0 Å². The predicted octanol–water partition coefficient (Wildman–Crippen LogP) is 4.93. The molecule has 1 heterocycles. The summed E-state index contributed by atoms with van der Waals surface area (Å²) in [7, 11) is 0. The predicted molar refractivity (Wildman–Crippen MR) is 102 cm³/mol. The Hall–Kier alpha value is -1.65. The molecule has 1 N–H and O–H groups in total. The van der Waals surface area contributed by atoms with E-state index >= 15 is 0 Å². The zero-order chi connectivity index (χ0) is 16.9. The van der Waals surface area contributed by atoms with E-state index in [4.69, 9.17) is 0 Å². The van der Waals surface area contributed by atoms with Gasteiger partial charge in [0.15, 0.2) is 0 Å². The van der Waals surface area contributed by atoms with E-state index in [1.165, 1.54) is 31.5 Å². The van der Waals surface area contributed by atoms with Crippen LogP contribution in [0.5, 0.6) is 0 Å². The van der Waals surface area contributed by atoms with Crippen molar-refractivity contribution in [2.24, 2.45) is 5.92 Å². The summed E-state index contributed by atoms with van der Waals surface area (Å²) in [6.45, 7) is 5.64. The molecular formula is C20H23BrN2O. The third-order valence-electron chi connectivity index (χ3n) is 4.47. The first-order valence-electron chi connectivity index (χ1n) is 8.48. The fourth-order valence-electron chi connectivity index (χ4n) is 3.19. The molecule has 126 valence electrons. The molecule has 0 spiro atoms. The maximum atomic E-state index is 12.3. The molecule has 0 aliphatic carbocycles. The van der Waals surface area contributed by atoms with E-state index in [9.17, 15) is 4.79 Å². The number of piperidine rings is 1. The van der Waals surface area contributed by atoms with Crippen LogP contribution in [0.2, 0.25) is 0 Å². The highest BCUT2D eigenvalue weighted by molar-refractivity contribution is 9.10. The van der Waals surface area contributed by atoms with Gasteiger partial charge < -0.3 is 5.32 Å². The maximum absolute atomic E-state index is 12.3. The smallest absolute Gasteiger partial charge is 0.255 e. The van der Waals surface area contributed by atoms with Crippen LogP contribution in [0.15, 0.2) is 53.0 Å². The number of anilines is 1. The molecule has 4 heteroatoms. The lowest BCUT2D eigenvalue weighted by Gasteiger charge is -2.30. The normalized spacial score (nSPS) is 18.3. The van der Waals surface area contributed by atoms with Crippen LogP contribution in [-0.4, -0.2) is 23.9 Å². The van der Waals surface area contributed by atoms with Crippen LogP contribution in [0, 0.1) is 5.92 Å². The molecule has 0 saturated carbocycles. The molecule has 1 amide bonds. The standard InChI is InChI=1S/C20H23BrN2O/c1-15-3-2-12-23(13-15)14-16-4-6-17(7-5-16)20(24)22-19-10-8-18(21)9-11-19/h4-11,15H,2-3,12-14H2,1H3,(H,22,24). The van der Waals surface area contributed by atoms with Gasteiger partial charge in [-0.3, -0.25) is 9.69 Å². The molecule has 0 aromatic heterocycles. The van der Waals surface area contributed by atoms with Crippen LogP contribution < -0.4 is 5.32 Å². The maximum Gasteiger partial charge on any atom is 0.255 e. The Bertz CT molecular complexity index is 682. The molecule has 2 aromatic rings. The molecule has 1 aliphatic heterocycles. The van der Waals surface area contributed by atoms with E-state index in [1.807, 2.05) is 36.4 Å². The summed E-state index contributed by atoms with van der Waals surface area (Å²) in [6, 6.07) is 15.6. The zero-order valence-corrected chi connectivity index (χ0v) is 15.6. The zero-order valence-electron chi connectivity index (χ0n) is 14.0. The van der Waals surface area contributed by atoms with Crippen LogP contribution in [0.1, 0.15) is 35.7 Å². The number of hydrogen-bond donors (Lipinski definition) is 1. The lowest BCUT2D eigenvalue weighted by molar-refractivity contribution is 0.102. The highest BCUT2D eigenvalue weighted by atomic mass is 79.9. The number of rotatable bonds is 4. The number of halogens is 1. The average molecular weight is 387 g/mol. The van der Waals surface area contributed by atoms with Crippen molar-refractivity contribution >= 4 is 27.5 Å².